The van der Waals surface area contributed by atoms with Crippen LogP contribution in [0.25, 0.3) is 22.4 Å². The fourth-order valence-electron chi connectivity index (χ4n) is 2.62. The Bertz CT molecular complexity index is 1220. The van der Waals surface area contributed by atoms with Crippen LogP contribution in [0.1, 0.15) is 10.5 Å². The van der Waals surface area contributed by atoms with Crippen LogP contribution in [0, 0.1) is 58.2 Å². The molecular formula is C18H3F10NO2. The molecule has 1 N–H and O–H groups in total. The SMILES string of the molecule is O=C(O)c1ccc(-c2c(F)c(F)c(F)c(F)c2F)c(-c2c(F)c(F)c(F)c(F)c2F)n1. The average Bonchev–Trinajstić information content (AvgIpc) is 2.74. The Labute approximate surface area is 164 Å². The summed E-state index contributed by atoms with van der Waals surface area (Å²) in [5.74, 6) is -27.4. The zero-order chi connectivity index (χ0) is 23.4. The highest BCUT2D eigenvalue weighted by molar-refractivity contribution is 5.89. The van der Waals surface area contributed by atoms with E-state index in [9.17, 15) is 48.7 Å². The molecule has 0 bridgehead atoms. The van der Waals surface area contributed by atoms with E-state index in [0.717, 1.165) is 0 Å². The predicted molar refractivity (Wildman–Crippen MR) is 81.6 cm³/mol. The molecule has 2 aromatic carbocycles. The van der Waals surface area contributed by atoms with Gasteiger partial charge in [0, 0.05) is 5.56 Å². The topological polar surface area (TPSA) is 50.2 Å². The quantitative estimate of drug-likeness (QED) is 0.322. The molecule has 31 heavy (non-hydrogen) atoms. The Morgan fingerprint density at radius 2 is 0.935 bits per heavy atom. The third-order valence-corrected chi connectivity index (χ3v) is 4.04. The first-order valence-corrected chi connectivity index (χ1v) is 7.68. The number of carboxylic acids is 1. The van der Waals surface area contributed by atoms with Crippen molar-refractivity contribution < 1.29 is 53.8 Å². The molecule has 0 spiro atoms. The van der Waals surface area contributed by atoms with Crippen molar-refractivity contribution >= 4 is 5.97 Å². The Morgan fingerprint density at radius 1 is 0.581 bits per heavy atom. The summed E-state index contributed by atoms with van der Waals surface area (Å²) in [4.78, 5) is 14.2. The zero-order valence-electron chi connectivity index (χ0n) is 14.2. The highest BCUT2D eigenvalue weighted by Crippen LogP contribution is 2.40. The van der Waals surface area contributed by atoms with Crippen molar-refractivity contribution in [3.63, 3.8) is 0 Å². The second-order valence-electron chi connectivity index (χ2n) is 5.79. The normalized spacial score (nSPS) is 11.2. The van der Waals surface area contributed by atoms with Gasteiger partial charge < -0.3 is 5.11 Å². The minimum atomic E-state index is -2.62. The monoisotopic (exact) mass is 455 g/mol. The van der Waals surface area contributed by atoms with Crippen LogP contribution in [0.4, 0.5) is 43.9 Å². The fraction of sp³-hybridized carbons (Fsp3) is 0. The first kappa shape index (κ1) is 22.1. The summed E-state index contributed by atoms with van der Waals surface area (Å²) in [5, 5.41) is 8.97. The number of aromatic carboxylic acids is 1. The van der Waals surface area contributed by atoms with Gasteiger partial charge in [0.2, 0.25) is 11.6 Å². The zero-order valence-corrected chi connectivity index (χ0v) is 14.2. The van der Waals surface area contributed by atoms with Crippen molar-refractivity contribution in [2.75, 3.05) is 0 Å². The van der Waals surface area contributed by atoms with Crippen molar-refractivity contribution in [2.45, 2.75) is 0 Å². The number of carbonyl (C=O) groups is 1. The maximum atomic E-state index is 14.2. The van der Waals surface area contributed by atoms with Gasteiger partial charge in [-0.05, 0) is 12.1 Å². The molecular weight excluding hydrogens is 452 g/mol. The molecule has 0 saturated heterocycles. The van der Waals surface area contributed by atoms with Crippen LogP contribution >= 0.6 is 0 Å². The van der Waals surface area contributed by atoms with Crippen molar-refractivity contribution in [1.29, 1.82) is 0 Å². The average molecular weight is 455 g/mol. The lowest BCUT2D eigenvalue weighted by atomic mass is 9.96. The van der Waals surface area contributed by atoms with E-state index in [1.807, 2.05) is 0 Å². The van der Waals surface area contributed by atoms with Gasteiger partial charge in [-0.25, -0.2) is 53.7 Å². The Kier molecular flexibility index (Phi) is 5.38. The molecule has 0 aliphatic carbocycles. The standard InChI is InChI=1S/C18H3F10NO2/c19-7-5(8(20)12(24)15(27)11(7)23)3-1-2-4(18(30)31)29-17(3)6-9(21)13(25)16(28)14(26)10(6)22/h1-2H,(H,30,31). The van der Waals surface area contributed by atoms with Gasteiger partial charge in [-0.2, -0.15) is 0 Å². The summed E-state index contributed by atoms with van der Waals surface area (Å²) in [6, 6.07) is 0.785. The van der Waals surface area contributed by atoms with E-state index >= 15 is 0 Å². The molecule has 0 aliphatic rings. The first-order valence-electron chi connectivity index (χ1n) is 7.68. The van der Waals surface area contributed by atoms with Crippen LogP contribution in [-0.2, 0) is 0 Å². The summed E-state index contributed by atoms with van der Waals surface area (Å²) in [5.41, 5.74) is -7.79. The molecule has 3 nitrogen and oxygen atoms in total. The van der Waals surface area contributed by atoms with E-state index in [-0.39, 0.29) is 0 Å². The van der Waals surface area contributed by atoms with Gasteiger partial charge in [0.15, 0.2) is 46.5 Å². The summed E-state index contributed by atoms with van der Waals surface area (Å²) in [6.07, 6.45) is 0. The van der Waals surface area contributed by atoms with Crippen molar-refractivity contribution in [3.05, 3.63) is 76.0 Å². The van der Waals surface area contributed by atoms with Gasteiger partial charge >= 0.3 is 5.97 Å². The predicted octanol–water partition coefficient (Wildman–Crippen LogP) is 5.50. The van der Waals surface area contributed by atoms with E-state index in [4.69, 9.17) is 5.11 Å². The van der Waals surface area contributed by atoms with Crippen LogP contribution in [0.3, 0.4) is 0 Å². The van der Waals surface area contributed by atoms with Crippen LogP contribution in [-0.4, -0.2) is 16.1 Å². The smallest absolute Gasteiger partial charge is 0.354 e. The lowest BCUT2D eigenvalue weighted by Gasteiger charge is -2.15. The fourth-order valence-corrected chi connectivity index (χ4v) is 2.62. The Balaban J connectivity index is 2.54. The number of hydrogen-bond acceptors (Lipinski definition) is 2. The molecule has 1 heterocycles. The van der Waals surface area contributed by atoms with Crippen LogP contribution in [0.5, 0.6) is 0 Å². The Morgan fingerprint density at radius 3 is 1.32 bits per heavy atom. The number of carboxylic acid groups (broad SMARTS) is 1. The van der Waals surface area contributed by atoms with Crippen LogP contribution in [0.2, 0.25) is 0 Å². The number of rotatable bonds is 3. The van der Waals surface area contributed by atoms with Crippen molar-refractivity contribution in [1.82, 2.24) is 4.98 Å². The summed E-state index contributed by atoms with van der Waals surface area (Å²) < 4.78 is 138. The molecule has 0 aliphatic heterocycles. The van der Waals surface area contributed by atoms with Gasteiger partial charge in [-0.3, -0.25) is 0 Å². The lowest BCUT2D eigenvalue weighted by Crippen LogP contribution is -2.10. The number of pyridine rings is 1. The molecule has 0 unspecified atom stereocenters. The van der Waals surface area contributed by atoms with Gasteiger partial charge in [0.25, 0.3) is 0 Å². The van der Waals surface area contributed by atoms with Gasteiger partial charge in [0.05, 0.1) is 16.8 Å². The molecule has 0 atom stereocenters. The summed E-state index contributed by atoms with van der Waals surface area (Å²) in [7, 11) is 0. The number of benzene rings is 2. The molecule has 3 aromatic rings. The van der Waals surface area contributed by atoms with Gasteiger partial charge in [-0.15, -0.1) is 0 Å². The minimum absolute atomic E-state index is 0.335. The molecule has 0 saturated carbocycles. The first-order chi connectivity index (χ1) is 14.4. The lowest BCUT2D eigenvalue weighted by molar-refractivity contribution is 0.0690. The maximum Gasteiger partial charge on any atom is 0.354 e. The molecule has 0 fully saturated rings. The highest BCUT2D eigenvalue weighted by atomic mass is 19.2. The van der Waals surface area contributed by atoms with Crippen LogP contribution < -0.4 is 0 Å². The van der Waals surface area contributed by atoms with E-state index in [1.165, 1.54) is 0 Å². The molecule has 3 rings (SSSR count). The molecule has 1 aromatic heterocycles. The second-order valence-corrected chi connectivity index (χ2v) is 5.79. The Hall–Kier alpha value is -3.64. The summed E-state index contributed by atoms with van der Waals surface area (Å²) >= 11 is 0. The number of aromatic nitrogens is 1. The number of halogens is 10. The van der Waals surface area contributed by atoms with Crippen molar-refractivity contribution in [2.24, 2.45) is 0 Å². The highest BCUT2D eigenvalue weighted by Gasteiger charge is 2.33. The second kappa shape index (κ2) is 7.56. The van der Waals surface area contributed by atoms with Crippen molar-refractivity contribution in [3.8, 4) is 22.4 Å². The third kappa shape index (κ3) is 3.25. The number of nitrogens with zero attached hydrogens (tertiary/aromatic N) is 1. The van der Waals surface area contributed by atoms with Gasteiger partial charge in [-0.1, -0.05) is 0 Å². The van der Waals surface area contributed by atoms with E-state index < -0.39 is 92.2 Å². The van der Waals surface area contributed by atoms with E-state index in [0.29, 0.717) is 12.1 Å². The van der Waals surface area contributed by atoms with E-state index in [2.05, 4.69) is 4.98 Å². The maximum absolute atomic E-state index is 14.2. The largest absolute Gasteiger partial charge is 0.477 e. The number of hydrogen-bond donors (Lipinski definition) is 1. The summed E-state index contributed by atoms with van der Waals surface area (Å²) in [6.45, 7) is 0. The molecule has 0 radical (unpaired) electrons. The van der Waals surface area contributed by atoms with Gasteiger partial charge in [0.1, 0.15) is 5.69 Å². The van der Waals surface area contributed by atoms with E-state index in [1.54, 1.807) is 0 Å². The third-order valence-electron chi connectivity index (χ3n) is 4.04. The van der Waals surface area contributed by atoms with Crippen LogP contribution in [0.15, 0.2) is 12.1 Å². The molecule has 13 heteroatoms. The molecule has 162 valence electrons. The minimum Gasteiger partial charge on any atom is -0.477 e. The molecule has 0 amide bonds.